The number of fused-ring (bicyclic) bond motifs is 1. The summed E-state index contributed by atoms with van der Waals surface area (Å²) >= 11 is 0. The second kappa shape index (κ2) is 7.40. The van der Waals surface area contributed by atoms with Gasteiger partial charge in [0.25, 0.3) is 0 Å². The number of nitrogens with zero attached hydrogens (tertiary/aromatic N) is 2. The van der Waals surface area contributed by atoms with Crippen LogP contribution >= 0.6 is 0 Å². The summed E-state index contributed by atoms with van der Waals surface area (Å²) in [4.78, 5) is 19.0. The van der Waals surface area contributed by atoms with E-state index in [2.05, 4.69) is 4.98 Å². The van der Waals surface area contributed by atoms with Crippen LogP contribution in [0.2, 0.25) is 0 Å². The number of carbonyl (C=O) groups is 1. The number of ether oxygens (including phenoxy) is 1. The lowest BCUT2D eigenvalue weighted by atomic mass is 10.1. The van der Waals surface area contributed by atoms with Crippen molar-refractivity contribution in [2.24, 2.45) is 0 Å². The molecular formula is C20H24N2O3. The molecule has 2 aromatic rings. The minimum absolute atomic E-state index is 0.245. The summed E-state index contributed by atoms with van der Waals surface area (Å²) in [6, 6.07) is 10.2. The number of amides is 1. The van der Waals surface area contributed by atoms with E-state index in [1.807, 2.05) is 35.2 Å². The van der Waals surface area contributed by atoms with Gasteiger partial charge < -0.3 is 14.1 Å². The Hall–Kier alpha value is -2.14. The summed E-state index contributed by atoms with van der Waals surface area (Å²) in [6.07, 6.45) is 7.36. The summed E-state index contributed by atoms with van der Waals surface area (Å²) in [5.74, 6) is 1.73. The fraction of sp³-hybridized carbons (Fsp3) is 0.500. The number of hydrogen-bond donors (Lipinski definition) is 0. The molecule has 2 fully saturated rings. The lowest BCUT2D eigenvalue weighted by molar-refractivity contribution is -0.144. The highest BCUT2D eigenvalue weighted by Gasteiger charge is 2.37. The van der Waals surface area contributed by atoms with E-state index in [0.717, 1.165) is 43.6 Å². The molecule has 1 aromatic heterocycles. The van der Waals surface area contributed by atoms with Gasteiger partial charge in [0.05, 0.1) is 24.9 Å². The molecule has 0 N–H and O–H groups in total. The van der Waals surface area contributed by atoms with Crippen LogP contribution < -0.4 is 0 Å². The Bertz CT molecular complexity index is 713. The van der Waals surface area contributed by atoms with E-state index in [-0.39, 0.29) is 12.0 Å². The first-order valence-corrected chi connectivity index (χ1v) is 9.22. The molecule has 1 aromatic carbocycles. The smallest absolute Gasteiger partial charge is 0.223 e. The molecular weight excluding hydrogens is 316 g/mol. The van der Waals surface area contributed by atoms with Crippen LogP contribution in [-0.4, -0.2) is 41.1 Å². The molecule has 0 spiro atoms. The topological polar surface area (TPSA) is 55.6 Å². The number of benzene rings is 1. The first-order chi connectivity index (χ1) is 12.3. The molecule has 5 nitrogen and oxygen atoms in total. The summed E-state index contributed by atoms with van der Waals surface area (Å²) in [6.45, 7) is 1.41. The maximum absolute atomic E-state index is 12.6. The van der Waals surface area contributed by atoms with Crippen molar-refractivity contribution in [1.29, 1.82) is 0 Å². The Kier molecular flexibility index (Phi) is 4.83. The van der Waals surface area contributed by atoms with Gasteiger partial charge in [-0.25, -0.2) is 4.98 Å². The van der Waals surface area contributed by atoms with Crippen LogP contribution in [0.1, 0.15) is 38.0 Å². The van der Waals surface area contributed by atoms with E-state index in [1.54, 1.807) is 6.20 Å². The molecule has 2 atom stereocenters. The fourth-order valence-corrected chi connectivity index (χ4v) is 3.93. The molecule has 1 aliphatic heterocycles. The number of aromatic nitrogens is 1. The molecule has 0 unspecified atom stereocenters. The van der Waals surface area contributed by atoms with Gasteiger partial charge >= 0.3 is 0 Å². The number of rotatable bonds is 5. The standard InChI is InChI=1S/C20H24N2O3/c23-20(22-12-13-24-17-9-4-8-16(17)22)11-5-10-19-21-14-18(25-19)15-6-2-1-3-7-15/h1-3,6-7,14,16-17H,4-5,8-13H2/t16-,17-/m1/s1. The quantitative estimate of drug-likeness (QED) is 0.836. The lowest BCUT2D eigenvalue weighted by Gasteiger charge is -2.37. The highest BCUT2D eigenvalue weighted by molar-refractivity contribution is 5.76. The highest BCUT2D eigenvalue weighted by Crippen LogP contribution is 2.30. The normalized spacial score (nSPS) is 22.8. The number of morpholine rings is 1. The molecule has 0 radical (unpaired) electrons. The largest absolute Gasteiger partial charge is 0.441 e. The van der Waals surface area contributed by atoms with E-state index in [9.17, 15) is 4.79 Å². The van der Waals surface area contributed by atoms with Crippen LogP contribution in [0.25, 0.3) is 11.3 Å². The first-order valence-electron chi connectivity index (χ1n) is 9.22. The van der Waals surface area contributed by atoms with Crippen molar-refractivity contribution < 1.29 is 13.9 Å². The van der Waals surface area contributed by atoms with Crippen LogP contribution in [0.15, 0.2) is 40.9 Å². The zero-order valence-corrected chi connectivity index (χ0v) is 14.4. The third kappa shape index (κ3) is 3.61. The van der Waals surface area contributed by atoms with Gasteiger partial charge in [-0.05, 0) is 25.7 Å². The molecule has 1 aliphatic carbocycles. The molecule has 25 heavy (non-hydrogen) atoms. The molecule has 5 heteroatoms. The Morgan fingerprint density at radius 1 is 1.24 bits per heavy atom. The maximum atomic E-state index is 12.6. The van der Waals surface area contributed by atoms with E-state index in [0.29, 0.717) is 31.4 Å². The Labute approximate surface area is 148 Å². The summed E-state index contributed by atoms with van der Waals surface area (Å²) in [7, 11) is 0. The summed E-state index contributed by atoms with van der Waals surface area (Å²) in [5, 5.41) is 0. The minimum Gasteiger partial charge on any atom is -0.441 e. The summed E-state index contributed by atoms with van der Waals surface area (Å²) < 4.78 is 11.6. The Morgan fingerprint density at radius 2 is 2.12 bits per heavy atom. The van der Waals surface area contributed by atoms with Crippen molar-refractivity contribution in [2.45, 2.75) is 50.7 Å². The maximum Gasteiger partial charge on any atom is 0.223 e. The van der Waals surface area contributed by atoms with Crippen molar-refractivity contribution in [3.05, 3.63) is 42.4 Å². The third-order valence-corrected chi connectivity index (χ3v) is 5.20. The zero-order chi connectivity index (χ0) is 17.1. The van der Waals surface area contributed by atoms with Crippen LogP contribution in [-0.2, 0) is 16.0 Å². The van der Waals surface area contributed by atoms with Gasteiger partial charge in [-0.15, -0.1) is 0 Å². The summed E-state index contributed by atoms with van der Waals surface area (Å²) in [5.41, 5.74) is 1.03. The van der Waals surface area contributed by atoms with Gasteiger partial charge in [-0.2, -0.15) is 0 Å². The first kappa shape index (κ1) is 16.3. The zero-order valence-electron chi connectivity index (χ0n) is 14.4. The molecule has 1 saturated carbocycles. The van der Waals surface area contributed by atoms with Gasteiger partial charge in [0.2, 0.25) is 5.91 Å². The Balaban J connectivity index is 1.29. The van der Waals surface area contributed by atoms with Crippen molar-refractivity contribution in [2.75, 3.05) is 13.2 Å². The van der Waals surface area contributed by atoms with Crippen molar-refractivity contribution in [3.63, 3.8) is 0 Å². The van der Waals surface area contributed by atoms with E-state index < -0.39 is 0 Å². The molecule has 1 amide bonds. The van der Waals surface area contributed by atoms with Crippen LogP contribution in [0, 0.1) is 0 Å². The molecule has 2 aliphatic rings. The predicted octanol–water partition coefficient (Wildman–Crippen LogP) is 3.44. The van der Waals surface area contributed by atoms with Gasteiger partial charge in [-0.1, -0.05) is 30.3 Å². The molecule has 0 bridgehead atoms. The van der Waals surface area contributed by atoms with E-state index in [1.165, 1.54) is 0 Å². The number of oxazole rings is 1. The average Bonchev–Trinajstić information content (AvgIpc) is 3.31. The number of carbonyl (C=O) groups excluding carboxylic acids is 1. The van der Waals surface area contributed by atoms with E-state index in [4.69, 9.17) is 9.15 Å². The van der Waals surface area contributed by atoms with Crippen molar-refractivity contribution in [1.82, 2.24) is 9.88 Å². The van der Waals surface area contributed by atoms with Crippen molar-refractivity contribution >= 4 is 5.91 Å². The lowest BCUT2D eigenvalue weighted by Crippen LogP contribution is -2.51. The van der Waals surface area contributed by atoms with Crippen LogP contribution in [0.5, 0.6) is 0 Å². The fourth-order valence-electron chi connectivity index (χ4n) is 3.93. The molecule has 132 valence electrons. The predicted molar refractivity (Wildman–Crippen MR) is 94.0 cm³/mol. The monoisotopic (exact) mass is 340 g/mol. The Morgan fingerprint density at radius 3 is 3.00 bits per heavy atom. The highest BCUT2D eigenvalue weighted by atomic mass is 16.5. The van der Waals surface area contributed by atoms with Gasteiger partial charge in [0.1, 0.15) is 0 Å². The molecule has 1 saturated heterocycles. The van der Waals surface area contributed by atoms with Crippen LogP contribution in [0.4, 0.5) is 0 Å². The van der Waals surface area contributed by atoms with Crippen molar-refractivity contribution in [3.8, 4) is 11.3 Å². The second-order valence-electron chi connectivity index (χ2n) is 6.83. The third-order valence-electron chi connectivity index (χ3n) is 5.20. The number of aryl methyl sites for hydroxylation is 1. The second-order valence-corrected chi connectivity index (χ2v) is 6.83. The molecule has 2 heterocycles. The van der Waals surface area contributed by atoms with Crippen LogP contribution in [0.3, 0.4) is 0 Å². The van der Waals surface area contributed by atoms with E-state index >= 15 is 0 Å². The SMILES string of the molecule is O=C(CCCc1ncc(-c2ccccc2)o1)N1CCO[C@@H]2CCC[C@H]21. The number of hydrogen-bond acceptors (Lipinski definition) is 4. The minimum atomic E-state index is 0.245. The average molecular weight is 340 g/mol. The van der Waals surface area contributed by atoms with Gasteiger partial charge in [-0.3, -0.25) is 4.79 Å². The van der Waals surface area contributed by atoms with Gasteiger partial charge in [0, 0.05) is 24.9 Å². The van der Waals surface area contributed by atoms with Gasteiger partial charge in [0.15, 0.2) is 11.7 Å². The molecule has 4 rings (SSSR count).